The molecule has 2 amide bonds. The van der Waals surface area contributed by atoms with Crippen molar-refractivity contribution in [3.63, 3.8) is 0 Å². The van der Waals surface area contributed by atoms with Gasteiger partial charge in [0.2, 0.25) is 11.8 Å². The average molecular weight is 642 g/mol. The van der Waals surface area contributed by atoms with Crippen LogP contribution in [0.4, 0.5) is 5.69 Å². The highest BCUT2D eigenvalue weighted by molar-refractivity contribution is 7.92. The molecule has 0 saturated carbocycles. The summed E-state index contributed by atoms with van der Waals surface area (Å²) in [5, 5.41) is 2.98. The van der Waals surface area contributed by atoms with E-state index in [0.717, 1.165) is 38.5 Å². The maximum Gasteiger partial charge on any atom is 0.264 e. The van der Waals surface area contributed by atoms with Crippen LogP contribution in [0.15, 0.2) is 102 Å². The number of anilines is 1. The molecule has 0 aliphatic rings. The van der Waals surface area contributed by atoms with Crippen LogP contribution in [0.3, 0.4) is 0 Å². The molecule has 0 bridgehead atoms. The Bertz CT molecular complexity index is 1740. The van der Waals surface area contributed by atoms with Crippen molar-refractivity contribution in [1.82, 2.24) is 10.2 Å². The van der Waals surface area contributed by atoms with Gasteiger partial charge in [0.25, 0.3) is 10.0 Å². The number of benzene rings is 4. The van der Waals surface area contributed by atoms with Gasteiger partial charge in [-0.3, -0.25) is 13.9 Å². The predicted octanol–water partition coefficient (Wildman–Crippen LogP) is 5.98. The minimum atomic E-state index is -4.24. The number of nitrogens with one attached hydrogen (secondary N) is 1. The fourth-order valence-corrected chi connectivity index (χ4v) is 6.65. The summed E-state index contributed by atoms with van der Waals surface area (Å²) in [5.74, 6) is -0.509. The van der Waals surface area contributed by atoms with Crippen molar-refractivity contribution in [3.05, 3.63) is 125 Å². The Labute approximate surface area is 273 Å². The number of rotatable bonds is 14. The molecule has 0 aliphatic carbocycles. The largest absolute Gasteiger partial charge is 0.495 e. The molecule has 0 aromatic heterocycles. The highest BCUT2D eigenvalue weighted by Gasteiger charge is 2.35. The van der Waals surface area contributed by atoms with Crippen LogP contribution in [0.25, 0.3) is 0 Å². The van der Waals surface area contributed by atoms with Gasteiger partial charge in [0.05, 0.1) is 17.7 Å². The maximum absolute atomic E-state index is 14.7. The van der Waals surface area contributed by atoms with Crippen molar-refractivity contribution in [1.29, 1.82) is 0 Å². The lowest BCUT2D eigenvalue weighted by Gasteiger charge is -2.34. The highest BCUT2D eigenvalue weighted by atomic mass is 32.2. The lowest BCUT2D eigenvalue weighted by Crippen LogP contribution is -2.53. The van der Waals surface area contributed by atoms with Crippen LogP contribution in [0.1, 0.15) is 41.2 Å². The zero-order valence-electron chi connectivity index (χ0n) is 27.2. The molecule has 46 heavy (non-hydrogen) atoms. The van der Waals surface area contributed by atoms with Crippen LogP contribution in [0.5, 0.6) is 5.75 Å². The fraction of sp³-hybridized carbons (Fsp3) is 0.297. The minimum absolute atomic E-state index is 0.0430. The second kappa shape index (κ2) is 15.6. The first kappa shape index (κ1) is 34.2. The number of hydrogen-bond acceptors (Lipinski definition) is 5. The van der Waals surface area contributed by atoms with Gasteiger partial charge in [-0.25, -0.2) is 8.42 Å². The lowest BCUT2D eigenvalue weighted by atomic mass is 10.0. The summed E-state index contributed by atoms with van der Waals surface area (Å²) in [7, 11) is -2.78. The molecule has 0 heterocycles. The molecular formula is C37H43N3O5S. The molecule has 1 unspecified atom stereocenters. The zero-order chi connectivity index (χ0) is 33.3. The number of nitrogens with zero attached hydrogens (tertiary/aromatic N) is 2. The zero-order valence-corrected chi connectivity index (χ0v) is 28.0. The van der Waals surface area contributed by atoms with Crippen LogP contribution in [0, 0.1) is 20.8 Å². The lowest BCUT2D eigenvalue weighted by molar-refractivity contribution is -0.140. The molecule has 0 aliphatic heterocycles. The van der Waals surface area contributed by atoms with Crippen molar-refractivity contribution in [2.45, 2.75) is 58.0 Å². The van der Waals surface area contributed by atoms with Gasteiger partial charge in [0.15, 0.2) is 0 Å². The van der Waals surface area contributed by atoms with Crippen molar-refractivity contribution < 1.29 is 22.7 Å². The molecule has 9 heteroatoms. The third-order valence-corrected chi connectivity index (χ3v) is 9.69. The summed E-state index contributed by atoms with van der Waals surface area (Å²) in [6.45, 7) is 7.66. The van der Waals surface area contributed by atoms with E-state index in [4.69, 9.17) is 4.74 Å². The van der Waals surface area contributed by atoms with Crippen LogP contribution in [-0.2, 0) is 32.6 Å². The summed E-state index contributed by atoms with van der Waals surface area (Å²) in [5.41, 5.74) is 4.63. The number of ether oxygens (including phenoxy) is 1. The van der Waals surface area contributed by atoms with Gasteiger partial charge in [-0.05, 0) is 73.7 Å². The van der Waals surface area contributed by atoms with Crippen molar-refractivity contribution in [3.8, 4) is 5.75 Å². The van der Waals surface area contributed by atoms with Crippen LogP contribution < -0.4 is 14.4 Å². The van der Waals surface area contributed by atoms with E-state index in [2.05, 4.69) is 5.32 Å². The Kier molecular flexibility index (Phi) is 11.6. The standard InChI is InChI=1S/C37H43N3O5S/c1-6-22-38-37(42)34(24-30-13-8-7-9-14-30)39(25-31-15-11-10-12-29(31)4)36(41)26-40(33-23-28(3)18-21-35(33)45-5)46(43,44)32-19-16-27(2)17-20-32/h7-21,23,34H,6,22,24-26H2,1-5H3,(H,38,42). The van der Waals surface area contributed by atoms with Gasteiger partial charge in [-0.1, -0.05) is 85.3 Å². The Hall–Kier alpha value is -4.63. The third-order valence-electron chi connectivity index (χ3n) is 7.91. The molecule has 1 atom stereocenters. The molecule has 4 rings (SSSR count). The van der Waals surface area contributed by atoms with Crippen LogP contribution in [-0.4, -0.2) is 51.4 Å². The predicted molar refractivity (Wildman–Crippen MR) is 182 cm³/mol. The average Bonchev–Trinajstić information content (AvgIpc) is 3.05. The van der Waals surface area contributed by atoms with Gasteiger partial charge in [-0.15, -0.1) is 0 Å². The number of amides is 2. The van der Waals surface area contributed by atoms with E-state index < -0.39 is 28.5 Å². The van der Waals surface area contributed by atoms with E-state index in [1.165, 1.54) is 24.1 Å². The molecule has 4 aromatic rings. The number of aryl methyl sites for hydroxylation is 3. The van der Waals surface area contributed by atoms with E-state index >= 15 is 0 Å². The molecule has 242 valence electrons. The van der Waals surface area contributed by atoms with E-state index in [1.807, 2.05) is 88.4 Å². The number of hydrogen-bond donors (Lipinski definition) is 1. The summed E-state index contributed by atoms with van der Waals surface area (Å²) < 4.78 is 35.4. The SMILES string of the molecule is CCCNC(=O)C(Cc1ccccc1)N(Cc1ccccc1C)C(=O)CN(c1cc(C)ccc1OC)S(=O)(=O)c1ccc(C)cc1. The van der Waals surface area contributed by atoms with E-state index in [-0.39, 0.29) is 29.5 Å². The quantitative estimate of drug-likeness (QED) is 0.183. The van der Waals surface area contributed by atoms with Crippen molar-refractivity contribution in [2.24, 2.45) is 0 Å². The van der Waals surface area contributed by atoms with E-state index in [9.17, 15) is 18.0 Å². The highest BCUT2D eigenvalue weighted by Crippen LogP contribution is 2.34. The second-order valence-corrected chi connectivity index (χ2v) is 13.3. The van der Waals surface area contributed by atoms with Gasteiger partial charge in [0, 0.05) is 19.5 Å². The molecule has 8 nitrogen and oxygen atoms in total. The summed E-state index contributed by atoms with van der Waals surface area (Å²) in [4.78, 5) is 30.0. The van der Waals surface area contributed by atoms with Crippen LogP contribution >= 0.6 is 0 Å². The van der Waals surface area contributed by atoms with Crippen molar-refractivity contribution >= 4 is 27.5 Å². The number of carbonyl (C=O) groups excluding carboxylic acids is 2. The van der Waals surface area contributed by atoms with Gasteiger partial charge in [0.1, 0.15) is 18.3 Å². The number of methoxy groups -OCH3 is 1. The second-order valence-electron chi connectivity index (χ2n) is 11.4. The van der Waals surface area contributed by atoms with Crippen LogP contribution in [0.2, 0.25) is 0 Å². The molecule has 0 fully saturated rings. The monoisotopic (exact) mass is 641 g/mol. The fourth-order valence-electron chi connectivity index (χ4n) is 5.24. The maximum atomic E-state index is 14.7. The molecule has 0 saturated heterocycles. The van der Waals surface area contributed by atoms with E-state index in [0.29, 0.717) is 12.3 Å². The Morgan fingerprint density at radius 1 is 0.848 bits per heavy atom. The first-order valence-electron chi connectivity index (χ1n) is 15.4. The summed E-state index contributed by atoms with van der Waals surface area (Å²) in [6.07, 6.45) is 0.984. The molecule has 1 N–H and O–H groups in total. The topological polar surface area (TPSA) is 96.0 Å². The normalized spacial score (nSPS) is 11.8. The molecule has 0 radical (unpaired) electrons. The van der Waals surface area contributed by atoms with E-state index in [1.54, 1.807) is 24.3 Å². The smallest absolute Gasteiger partial charge is 0.264 e. The third kappa shape index (κ3) is 8.34. The Morgan fingerprint density at radius 3 is 2.15 bits per heavy atom. The van der Waals surface area contributed by atoms with Gasteiger partial charge >= 0.3 is 0 Å². The molecular weight excluding hydrogens is 598 g/mol. The summed E-state index contributed by atoms with van der Waals surface area (Å²) >= 11 is 0. The number of sulfonamides is 1. The van der Waals surface area contributed by atoms with Gasteiger partial charge in [-0.2, -0.15) is 0 Å². The molecule has 4 aromatic carbocycles. The summed E-state index contributed by atoms with van der Waals surface area (Å²) in [6, 6.07) is 28.0. The molecule has 0 spiro atoms. The number of carbonyl (C=O) groups is 2. The van der Waals surface area contributed by atoms with Crippen molar-refractivity contribution in [2.75, 3.05) is 24.5 Å². The Balaban J connectivity index is 1.85. The Morgan fingerprint density at radius 2 is 1.50 bits per heavy atom. The van der Waals surface area contributed by atoms with Gasteiger partial charge < -0.3 is 15.0 Å². The minimum Gasteiger partial charge on any atom is -0.495 e. The first-order chi connectivity index (χ1) is 22.0. The first-order valence-corrected chi connectivity index (χ1v) is 16.9.